The molecule has 1 fully saturated rings. The van der Waals surface area contributed by atoms with E-state index < -0.39 is 17.8 Å². The van der Waals surface area contributed by atoms with Gasteiger partial charge in [0.25, 0.3) is 17.7 Å². The minimum absolute atomic E-state index is 0.209. The van der Waals surface area contributed by atoms with Crippen LogP contribution in [0.3, 0.4) is 0 Å². The van der Waals surface area contributed by atoms with Crippen molar-refractivity contribution in [2.24, 2.45) is 0 Å². The zero-order valence-electron chi connectivity index (χ0n) is 25.4. The average molecular weight is 728 g/mol. The third kappa shape index (κ3) is 8.12. The second kappa shape index (κ2) is 15.4. The summed E-state index contributed by atoms with van der Waals surface area (Å²) in [6, 6.07) is 14.5. The molecule has 1 heterocycles. The van der Waals surface area contributed by atoms with Crippen molar-refractivity contribution >= 4 is 63.8 Å². The van der Waals surface area contributed by atoms with E-state index in [4.69, 9.17) is 18.9 Å². The van der Waals surface area contributed by atoms with E-state index in [9.17, 15) is 19.2 Å². The summed E-state index contributed by atoms with van der Waals surface area (Å²) in [4.78, 5) is 52.8. The highest BCUT2D eigenvalue weighted by Crippen LogP contribution is 2.36. The Morgan fingerprint density at radius 2 is 1.64 bits per heavy atom. The summed E-state index contributed by atoms with van der Waals surface area (Å²) >= 11 is 2.03. The lowest BCUT2D eigenvalue weighted by atomic mass is 10.1. The topological polar surface area (TPSA) is 132 Å². The van der Waals surface area contributed by atoms with Crippen molar-refractivity contribution in [1.82, 2.24) is 5.32 Å². The molecule has 5 amide bonds. The van der Waals surface area contributed by atoms with E-state index >= 15 is 0 Å². The number of nitrogens with one attached hydrogen (secondary N) is 2. The summed E-state index contributed by atoms with van der Waals surface area (Å²) in [5.41, 5.74) is 2.00. The standard InChI is InChI=1S/C33H34IN3O8/c1-5-14-44-26-13-12-22(18-27(26)42-6-2)37-32(40)23(31(39)36-33(37)41)15-21-16-24(34)30(28(17-21)43-7-3)45-19-29(38)35-25-11-9-8-10-20(25)4/h8-13,15-18H,5-7,14,19H2,1-4H3,(H,35,38)(H,36,39,41)/b23-15+. The number of carbonyl (C=O) groups excluding carboxylic acids is 4. The monoisotopic (exact) mass is 727 g/mol. The molecular weight excluding hydrogens is 693 g/mol. The fourth-order valence-electron chi connectivity index (χ4n) is 4.41. The molecular formula is C33H34IN3O8. The molecule has 0 atom stereocenters. The number of ether oxygens (including phenoxy) is 4. The molecule has 0 spiro atoms. The molecule has 0 bridgehead atoms. The van der Waals surface area contributed by atoms with Gasteiger partial charge in [0, 0.05) is 11.8 Å². The largest absolute Gasteiger partial charge is 0.490 e. The highest BCUT2D eigenvalue weighted by molar-refractivity contribution is 14.1. The van der Waals surface area contributed by atoms with Crippen LogP contribution in [0.1, 0.15) is 38.3 Å². The Morgan fingerprint density at radius 1 is 0.911 bits per heavy atom. The predicted molar refractivity (Wildman–Crippen MR) is 178 cm³/mol. The lowest BCUT2D eigenvalue weighted by Crippen LogP contribution is -2.54. The molecule has 12 heteroatoms. The number of anilines is 2. The Balaban J connectivity index is 1.60. The summed E-state index contributed by atoms with van der Waals surface area (Å²) in [6.45, 7) is 8.31. The van der Waals surface area contributed by atoms with Gasteiger partial charge < -0.3 is 24.3 Å². The number of amides is 5. The van der Waals surface area contributed by atoms with Crippen molar-refractivity contribution in [3.8, 4) is 23.0 Å². The maximum absolute atomic E-state index is 13.6. The van der Waals surface area contributed by atoms with Crippen LogP contribution in [0.5, 0.6) is 23.0 Å². The number of benzene rings is 3. The van der Waals surface area contributed by atoms with E-state index in [0.717, 1.165) is 16.9 Å². The van der Waals surface area contributed by atoms with Gasteiger partial charge in [0.15, 0.2) is 29.6 Å². The van der Waals surface area contributed by atoms with Crippen molar-refractivity contribution < 1.29 is 38.1 Å². The molecule has 0 saturated carbocycles. The fraction of sp³-hybridized carbons (Fsp3) is 0.273. The summed E-state index contributed by atoms with van der Waals surface area (Å²) in [5, 5.41) is 5.06. The second-order valence-electron chi connectivity index (χ2n) is 9.79. The number of nitrogens with zero attached hydrogens (tertiary/aromatic N) is 1. The second-order valence-corrected chi connectivity index (χ2v) is 10.9. The molecule has 4 rings (SSSR count). The quantitative estimate of drug-likeness (QED) is 0.127. The van der Waals surface area contributed by atoms with Crippen molar-refractivity contribution in [2.75, 3.05) is 36.6 Å². The molecule has 0 unspecified atom stereocenters. The van der Waals surface area contributed by atoms with Crippen molar-refractivity contribution in [3.63, 3.8) is 0 Å². The SMILES string of the molecule is CCCOc1ccc(N2C(=O)NC(=O)/C(=C\c3cc(I)c(OCC(=O)Nc4ccccc4C)c(OCC)c3)C2=O)cc1OCC. The molecule has 236 valence electrons. The summed E-state index contributed by atoms with van der Waals surface area (Å²) in [5.74, 6) is -0.492. The highest BCUT2D eigenvalue weighted by Gasteiger charge is 2.37. The Bertz CT molecular complexity index is 1640. The molecule has 0 aromatic heterocycles. The number of aryl methyl sites for hydroxylation is 1. The molecule has 1 aliphatic rings. The third-order valence-corrected chi connectivity index (χ3v) is 7.26. The third-order valence-electron chi connectivity index (χ3n) is 6.46. The maximum atomic E-state index is 13.6. The van der Waals surface area contributed by atoms with Crippen LogP contribution in [0.4, 0.5) is 16.2 Å². The lowest BCUT2D eigenvalue weighted by molar-refractivity contribution is -0.122. The van der Waals surface area contributed by atoms with Gasteiger partial charge in [0.05, 0.1) is 29.1 Å². The molecule has 0 radical (unpaired) electrons. The van der Waals surface area contributed by atoms with Gasteiger partial charge in [-0.05, 0) is 97.3 Å². The highest BCUT2D eigenvalue weighted by atomic mass is 127. The number of urea groups is 1. The molecule has 1 aliphatic heterocycles. The number of hydrogen-bond acceptors (Lipinski definition) is 8. The first-order chi connectivity index (χ1) is 21.7. The van der Waals surface area contributed by atoms with Crippen molar-refractivity contribution in [3.05, 3.63) is 74.9 Å². The molecule has 2 N–H and O–H groups in total. The zero-order valence-corrected chi connectivity index (χ0v) is 27.6. The predicted octanol–water partition coefficient (Wildman–Crippen LogP) is 5.87. The summed E-state index contributed by atoms with van der Waals surface area (Å²) in [6.07, 6.45) is 2.16. The van der Waals surface area contributed by atoms with Crippen LogP contribution in [0.2, 0.25) is 0 Å². The summed E-state index contributed by atoms with van der Waals surface area (Å²) < 4.78 is 23.6. The number of rotatable bonds is 13. The van der Waals surface area contributed by atoms with Crippen LogP contribution in [-0.4, -0.2) is 50.2 Å². The van der Waals surface area contributed by atoms with Gasteiger partial charge in [-0.25, -0.2) is 9.69 Å². The van der Waals surface area contributed by atoms with Gasteiger partial charge in [-0.15, -0.1) is 0 Å². The van der Waals surface area contributed by atoms with Gasteiger partial charge in [-0.3, -0.25) is 19.7 Å². The number of imide groups is 2. The molecule has 1 saturated heterocycles. The fourth-order valence-corrected chi connectivity index (χ4v) is 5.19. The van der Waals surface area contributed by atoms with Crippen LogP contribution in [0.25, 0.3) is 6.08 Å². The van der Waals surface area contributed by atoms with Gasteiger partial charge in [0.2, 0.25) is 0 Å². The molecule has 3 aromatic rings. The van der Waals surface area contributed by atoms with Gasteiger partial charge >= 0.3 is 6.03 Å². The smallest absolute Gasteiger partial charge is 0.335 e. The van der Waals surface area contributed by atoms with Gasteiger partial charge in [-0.2, -0.15) is 0 Å². The number of carbonyl (C=O) groups is 4. The van der Waals surface area contributed by atoms with E-state index in [1.165, 1.54) is 12.1 Å². The van der Waals surface area contributed by atoms with Crippen molar-refractivity contribution in [1.29, 1.82) is 0 Å². The Hall–Kier alpha value is -4.59. The van der Waals surface area contributed by atoms with Crippen LogP contribution >= 0.6 is 22.6 Å². The first-order valence-corrected chi connectivity index (χ1v) is 15.5. The van der Waals surface area contributed by atoms with Crippen molar-refractivity contribution in [2.45, 2.75) is 34.1 Å². The van der Waals surface area contributed by atoms with E-state index in [1.807, 2.05) is 61.6 Å². The first-order valence-electron chi connectivity index (χ1n) is 14.4. The van der Waals surface area contributed by atoms with Crippen LogP contribution in [0, 0.1) is 10.5 Å². The van der Waals surface area contributed by atoms with E-state index in [-0.39, 0.29) is 23.8 Å². The number of barbiturate groups is 1. The van der Waals surface area contributed by atoms with Crippen LogP contribution < -0.4 is 34.5 Å². The zero-order chi connectivity index (χ0) is 32.5. The van der Waals surface area contributed by atoms with Crippen LogP contribution in [0.15, 0.2) is 60.2 Å². The molecule has 45 heavy (non-hydrogen) atoms. The Kier molecular flexibility index (Phi) is 11.4. The lowest BCUT2D eigenvalue weighted by Gasteiger charge is -2.27. The first kappa shape index (κ1) is 33.3. The minimum atomic E-state index is -0.885. The summed E-state index contributed by atoms with van der Waals surface area (Å²) in [7, 11) is 0. The van der Waals surface area contributed by atoms with Gasteiger partial charge in [0.1, 0.15) is 5.57 Å². The maximum Gasteiger partial charge on any atom is 0.335 e. The van der Waals surface area contributed by atoms with Crippen LogP contribution in [-0.2, 0) is 14.4 Å². The number of para-hydroxylation sites is 1. The van der Waals surface area contributed by atoms with Gasteiger partial charge in [-0.1, -0.05) is 25.1 Å². The normalized spacial score (nSPS) is 13.8. The van der Waals surface area contributed by atoms with E-state index in [1.54, 1.807) is 37.3 Å². The van der Waals surface area contributed by atoms with E-state index in [2.05, 4.69) is 10.6 Å². The Morgan fingerprint density at radius 3 is 2.36 bits per heavy atom. The number of hydrogen-bond donors (Lipinski definition) is 2. The van der Waals surface area contributed by atoms with E-state index in [0.29, 0.717) is 57.6 Å². The Labute approximate surface area is 275 Å². The molecule has 11 nitrogen and oxygen atoms in total. The molecule has 3 aromatic carbocycles. The average Bonchev–Trinajstić information content (AvgIpc) is 3.00. The minimum Gasteiger partial charge on any atom is -0.490 e. The number of halogens is 1. The molecule has 0 aliphatic carbocycles.